The number of nitrogens with two attached hydrogens (primary N) is 1. The molecule has 0 aliphatic heterocycles. The molecule has 14 heavy (non-hydrogen) atoms. The van der Waals surface area contributed by atoms with Gasteiger partial charge in [0.25, 0.3) is 5.91 Å². The SMILES string of the molecule is C=CCN(C)C(=O)c1c(N)n[nH]c1C. The number of carbonyl (C=O) groups excluding carboxylic acids is 1. The van der Waals surface area contributed by atoms with Crippen molar-refractivity contribution < 1.29 is 4.79 Å². The Morgan fingerprint density at radius 1 is 1.79 bits per heavy atom. The molecule has 5 heteroatoms. The zero-order chi connectivity index (χ0) is 10.7. The molecule has 3 N–H and O–H groups in total. The van der Waals surface area contributed by atoms with Gasteiger partial charge in [0.2, 0.25) is 0 Å². The van der Waals surface area contributed by atoms with Crippen molar-refractivity contribution in [1.82, 2.24) is 15.1 Å². The molecule has 1 amide bonds. The third kappa shape index (κ3) is 1.76. The van der Waals surface area contributed by atoms with Crippen molar-refractivity contribution in [3.8, 4) is 0 Å². The Morgan fingerprint density at radius 3 is 2.86 bits per heavy atom. The molecule has 1 aromatic rings. The van der Waals surface area contributed by atoms with Crippen LogP contribution in [0.25, 0.3) is 0 Å². The fourth-order valence-electron chi connectivity index (χ4n) is 1.19. The van der Waals surface area contributed by atoms with Crippen LogP contribution in [0.5, 0.6) is 0 Å². The number of likely N-dealkylation sites (N-methyl/N-ethyl adjacent to an activating group) is 1. The average molecular weight is 194 g/mol. The van der Waals surface area contributed by atoms with Gasteiger partial charge >= 0.3 is 0 Å². The molecular weight excluding hydrogens is 180 g/mol. The molecular formula is C9H14N4O. The normalized spacial score (nSPS) is 9.86. The Bertz CT molecular complexity index is 336. The lowest BCUT2D eigenvalue weighted by molar-refractivity contribution is 0.0810. The van der Waals surface area contributed by atoms with Crippen LogP contribution in [0.2, 0.25) is 0 Å². The highest BCUT2D eigenvalue weighted by atomic mass is 16.2. The highest BCUT2D eigenvalue weighted by Gasteiger charge is 2.18. The minimum absolute atomic E-state index is 0.145. The predicted octanol–water partition coefficient (Wildman–Crippen LogP) is 0.558. The lowest BCUT2D eigenvalue weighted by atomic mass is 10.2. The van der Waals surface area contributed by atoms with Crippen molar-refractivity contribution >= 4 is 11.7 Å². The Labute approximate surface area is 82.6 Å². The summed E-state index contributed by atoms with van der Waals surface area (Å²) < 4.78 is 0. The van der Waals surface area contributed by atoms with Gasteiger partial charge in [-0.05, 0) is 6.92 Å². The monoisotopic (exact) mass is 194 g/mol. The molecule has 0 atom stereocenters. The summed E-state index contributed by atoms with van der Waals surface area (Å²) in [6, 6.07) is 0. The van der Waals surface area contributed by atoms with Gasteiger partial charge in [0.15, 0.2) is 5.82 Å². The van der Waals surface area contributed by atoms with Gasteiger partial charge in [-0.15, -0.1) is 6.58 Å². The van der Waals surface area contributed by atoms with Crippen LogP contribution in [0.1, 0.15) is 16.1 Å². The third-order valence-electron chi connectivity index (χ3n) is 1.94. The quantitative estimate of drug-likeness (QED) is 0.690. The number of hydrogen-bond acceptors (Lipinski definition) is 3. The van der Waals surface area contributed by atoms with E-state index in [0.717, 1.165) is 0 Å². The summed E-state index contributed by atoms with van der Waals surface area (Å²) in [6.45, 7) is 5.81. The second kappa shape index (κ2) is 3.95. The Morgan fingerprint density at radius 2 is 2.43 bits per heavy atom. The van der Waals surface area contributed by atoms with Crippen LogP contribution in [-0.2, 0) is 0 Å². The molecule has 0 radical (unpaired) electrons. The highest BCUT2D eigenvalue weighted by Crippen LogP contribution is 2.14. The first-order valence-electron chi connectivity index (χ1n) is 4.24. The van der Waals surface area contributed by atoms with Gasteiger partial charge in [0.1, 0.15) is 5.56 Å². The lowest BCUT2D eigenvalue weighted by Gasteiger charge is -2.14. The van der Waals surface area contributed by atoms with E-state index in [4.69, 9.17) is 5.73 Å². The lowest BCUT2D eigenvalue weighted by Crippen LogP contribution is -2.27. The maximum absolute atomic E-state index is 11.8. The Kier molecular flexibility index (Phi) is 2.91. The number of H-pyrrole nitrogens is 1. The predicted molar refractivity (Wildman–Crippen MR) is 54.9 cm³/mol. The standard InChI is InChI=1S/C9H14N4O/c1-4-5-13(3)9(14)7-6(2)11-12-8(7)10/h4H,1,5H2,2-3H3,(H3,10,11,12). The fourth-order valence-corrected chi connectivity index (χ4v) is 1.19. The van der Waals surface area contributed by atoms with Crippen molar-refractivity contribution in [2.24, 2.45) is 0 Å². The Hall–Kier alpha value is -1.78. The molecule has 0 aliphatic rings. The Balaban J connectivity index is 2.94. The largest absolute Gasteiger partial charge is 0.382 e. The van der Waals surface area contributed by atoms with Crippen molar-refractivity contribution in [2.75, 3.05) is 19.3 Å². The van der Waals surface area contributed by atoms with E-state index in [1.165, 1.54) is 4.90 Å². The number of amides is 1. The number of aromatic amines is 1. The molecule has 0 bridgehead atoms. The van der Waals surface area contributed by atoms with Gasteiger partial charge in [0.05, 0.1) is 0 Å². The topological polar surface area (TPSA) is 75.0 Å². The van der Waals surface area contributed by atoms with Gasteiger partial charge in [-0.1, -0.05) is 6.08 Å². The van der Waals surface area contributed by atoms with E-state index in [9.17, 15) is 4.79 Å². The molecule has 0 aromatic carbocycles. The van der Waals surface area contributed by atoms with Crippen LogP contribution in [-0.4, -0.2) is 34.6 Å². The van der Waals surface area contributed by atoms with E-state index in [1.54, 1.807) is 20.0 Å². The molecule has 0 fully saturated rings. The molecule has 1 rings (SSSR count). The summed E-state index contributed by atoms with van der Waals surface area (Å²) in [4.78, 5) is 13.3. The molecule has 76 valence electrons. The van der Waals surface area contributed by atoms with Crippen LogP contribution < -0.4 is 5.73 Å². The summed E-state index contributed by atoms with van der Waals surface area (Å²) in [6.07, 6.45) is 1.66. The first-order valence-corrected chi connectivity index (χ1v) is 4.24. The average Bonchev–Trinajstić information content (AvgIpc) is 2.46. The summed E-state index contributed by atoms with van der Waals surface area (Å²) in [5.74, 6) is 0.0945. The third-order valence-corrected chi connectivity index (χ3v) is 1.94. The zero-order valence-corrected chi connectivity index (χ0v) is 8.37. The summed E-state index contributed by atoms with van der Waals surface area (Å²) in [5, 5.41) is 6.43. The molecule has 0 saturated heterocycles. The van der Waals surface area contributed by atoms with Gasteiger partial charge in [-0.2, -0.15) is 5.10 Å². The molecule has 1 aromatic heterocycles. The number of anilines is 1. The number of nitrogens with zero attached hydrogens (tertiary/aromatic N) is 2. The molecule has 0 unspecified atom stereocenters. The van der Waals surface area contributed by atoms with Crippen LogP contribution in [0.4, 0.5) is 5.82 Å². The van der Waals surface area contributed by atoms with Crippen molar-refractivity contribution in [3.05, 3.63) is 23.9 Å². The number of hydrogen-bond donors (Lipinski definition) is 2. The second-order valence-electron chi connectivity index (χ2n) is 3.08. The van der Waals surface area contributed by atoms with Crippen LogP contribution in [0.15, 0.2) is 12.7 Å². The van der Waals surface area contributed by atoms with Crippen LogP contribution >= 0.6 is 0 Å². The molecule has 1 heterocycles. The van der Waals surface area contributed by atoms with Gasteiger partial charge in [-0.25, -0.2) is 0 Å². The van der Waals surface area contributed by atoms with E-state index in [2.05, 4.69) is 16.8 Å². The van der Waals surface area contributed by atoms with E-state index < -0.39 is 0 Å². The van der Waals surface area contributed by atoms with E-state index >= 15 is 0 Å². The van der Waals surface area contributed by atoms with Crippen molar-refractivity contribution in [1.29, 1.82) is 0 Å². The van der Waals surface area contributed by atoms with E-state index in [-0.39, 0.29) is 11.7 Å². The minimum Gasteiger partial charge on any atom is -0.382 e. The molecule has 5 nitrogen and oxygen atoms in total. The van der Waals surface area contributed by atoms with Crippen molar-refractivity contribution in [2.45, 2.75) is 6.92 Å². The van der Waals surface area contributed by atoms with E-state index in [0.29, 0.717) is 17.8 Å². The number of aromatic nitrogens is 2. The summed E-state index contributed by atoms with van der Waals surface area (Å²) in [5.41, 5.74) is 6.68. The smallest absolute Gasteiger partial charge is 0.259 e. The van der Waals surface area contributed by atoms with Gasteiger partial charge in [-0.3, -0.25) is 9.89 Å². The maximum atomic E-state index is 11.8. The van der Waals surface area contributed by atoms with Crippen LogP contribution in [0, 0.1) is 6.92 Å². The fraction of sp³-hybridized carbons (Fsp3) is 0.333. The number of rotatable bonds is 3. The zero-order valence-electron chi connectivity index (χ0n) is 8.37. The number of aryl methyl sites for hydroxylation is 1. The van der Waals surface area contributed by atoms with E-state index in [1.807, 2.05) is 0 Å². The maximum Gasteiger partial charge on any atom is 0.259 e. The number of nitrogen functional groups attached to an aromatic ring is 1. The summed E-state index contributed by atoms with van der Waals surface area (Å²) in [7, 11) is 1.69. The minimum atomic E-state index is -0.145. The number of carbonyl (C=O) groups is 1. The molecule has 0 spiro atoms. The first-order chi connectivity index (χ1) is 6.57. The second-order valence-corrected chi connectivity index (χ2v) is 3.08. The highest BCUT2D eigenvalue weighted by molar-refractivity contribution is 5.99. The van der Waals surface area contributed by atoms with Gasteiger partial charge < -0.3 is 10.6 Å². The number of nitrogens with one attached hydrogen (secondary N) is 1. The van der Waals surface area contributed by atoms with Gasteiger partial charge in [0, 0.05) is 19.3 Å². The summed E-state index contributed by atoms with van der Waals surface area (Å²) >= 11 is 0. The van der Waals surface area contributed by atoms with Crippen LogP contribution in [0.3, 0.4) is 0 Å². The molecule has 0 aliphatic carbocycles. The van der Waals surface area contributed by atoms with Crippen molar-refractivity contribution in [3.63, 3.8) is 0 Å². The first kappa shape index (κ1) is 10.3. The molecule has 0 saturated carbocycles.